The molecule has 0 radical (unpaired) electrons. The zero-order chi connectivity index (χ0) is 26.1. The summed E-state index contributed by atoms with van der Waals surface area (Å²) in [5, 5.41) is 14.7. The quantitative estimate of drug-likeness (QED) is 0.137. The Bertz CT molecular complexity index is 1450. The van der Waals surface area contributed by atoms with Crippen LogP contribution in [0.2, 0.25) is 5.02 Å². The Morgan fingerprint density at radius 3 is 2.44 bits per heavy atom. The van der Waals surface area contributed by atoms with E-state index in [1.807, 2.05) is 0 Å². The van der Waals surface area contributed by atoms with Crippen molar-refractivity contribution in [1.29, 1.82) is 0 Å². The summed E-state index contributed by atoms with van der Waals surface area (Å²) < 4.78 is 71.4. The maximum absolute atomic E-state index is 14.2. The third-order valence-corrected chi connectivity index (χ3v) is 5.97. The number of anilines is 2. The van der Waals surface area contributed by atoms with Crippen molar-refractivity contribution >= 4 is 40.3 Å². The van der Waals surface area contributed by atoms with E-state index >= 15 is 0 Å². The topological polar surface area (TPSA) is 59.7 Å². The second-order valence-corrected chi connectivity index (χ2v) is 8.67. The van der Waals surface area contributed by atoms with Crippen molar-refractivity contribution in [1.82, 2.24) is 19.6 Å². The minimum absolute atomic E-state index is 0.115. The summed E-state index contributed by atoms with van der Waals surface area (Å²) >= 11 is 11.5. The number of nitrogens with one attached hydrogen (secondary N) is 2. The summed E-state index contributed by atoms with van der Waals surface area (Å²) in [7, 11) is 0. The van der Waals surface area contributed by atoms with Gasteiger partial charge in [0.25, 0.3) is 0 Å². The molecule has 188 valence electrons. The number of hydrogen-bond donors (Lipinski definition) is 2. The average molecular weight is 541 g/mol. The number of hydrogen-bond acceptors (Lipinski definition) is 3. The van der Waals surface area contributed by atoms with Crippen molar-refractivity contribution in [2.45, 2.75) is 26.9 Å². The highest BCUT2D eigenvalue weighted by Gasteiger charge is 2.20. The van der Waals surface area contributed by atoms with Crippen LogP contribution in [0.1, 0.15) is 22.5 Å². The van der Waals surface area contributed by atoms with Crippen LogP contribution in [0.15, 0.2) is 36.7 Å². The van der Waals surface area contributed by atoms with Crippen LogP contribution < -0.4 is 10.6 Å². The van der Waals surface area contributed by atoms with Crippen LogP contribution in [-0.2, 0) is 13.1 Å². The minimum atomic E-state index is -1.76. The molecule has 0 bridgehead atoms. The molecule has 0 saturated heterocycles. The molecule has 0 aliphatic rings. The molecule has 4 rings (SSSR count). The fourth-order valence-corrected chi connectivity index (χ4v) is 4.01. The predicted molar refractivity (Wildman–Crippen MR) is 130 cm³/mol. The molecule has 6 nitrogen and oxygen atoms in total. The van der Waals surface area contributed by atoms with E-state index in [4.69, 9.17) is 23.8 Å². The van der Waals surface area contributed by atoms with Gasteiger partial charge in [0.05, 0.1) is 42.0 Å². The van der Waals surface area contributed by atoms with Gasteiger partial charge in [-0.1, -0.05) is 17.7 Å². The molecule has 2 N–H and O–H groups in total. The Morgan fingerprint density at radius 2 is 1.72 bits per heavy atom. The van der Waals surface area contributed by atoms with E-state index in [0.29, 0.717) is 28.3 Å². The molecule has 0 unspecified atom stereocenters. The standard InChI is InChI=1S/C23H18ClF5N6S/c1-11-22(12(2)35(33-11)10-14-16(24)4-3-5-17(14)25)32-23(36)31-13-7-30-34(8-13)9-15-18(26)6-19(27)21(29)20(15)28/h3-8H,9-10H2,1-2H3,(H2,31,32,36). The Hall–Kier alpha value is -3.51. The Kier molecular flexibility index (Phi) is 7.27. The predicted octanol–water partition coefficient (Wildman–Crippen LogP) is 5.95. The molecule has 0 spiro atoms. The van der Waals surface area contributed by atoms with E-state index in [2.05, 4.69) is 20.8 Å². The number of thiocarbonyl (C=S) groups is 1. The monoisotopic (exact) mass is 540 g/mol. The molecule has 0 fully saturated rings. The molecule has 36 heavy (non-hydrogen) atoms. The number of halogens is 6. The number of benzene rings is 2. The molecule has 4 aromatic rings. The molecule has 0 amide bonds. The number of aromatic nitrogens is 4. The molecule has 0 aliphatic carbocycles. The van der Waals surface area contributed by atoms with E-state index < -0.39 is 41.2 Å². The van der Waals surface area contributed by atoms with Gasteiger partial charge in [-0.3, -0.25) is 9.36 Å². The van der Waals surface area contributed by atoms with Crippen molar-refractivity contribution in [2.24, 2.45) is 0 Å². The summed E-state index contributed by atoms with van der Waals surface area (Å²) in [6.45, 7) is 3.17. The van der Waals surface area contributed by atoms with Crippen LogP contribution in [0.25, 0.3) is 0 Å². The molecule has 2 heterocycles. The van der Waals surface area contributed by atoms with Crippen molar-refractivity contribution in [3.63, 3.8) is 0 Å². The first-order valence-electron chi connectivity index (χ1n) is 10.4. The van der Waals surface area contributed by atoms with E-state index in [-0.39, 0.29) is 22.7 Å². The molecule has 13 heteroatoms. The van der Waals surface area contributed by atoms with Crippen LogP contribution in [0, 0.1) is 42.9 Å². The maximum atomic E-state index is 14.2. The normalized spacial score (nSPS) is 11.1. The van der Waals surface area contributed by atoms with Crippen LogP contribution in [-0.4, -0.2) is 24.7 Å². The van der Waals surface area contributed by atoms with E-state index in [0.717, 1.165) is 4.68 Å². The number of nitrogens with zero attached hydrogens (tertiary/aromatic N) is 4. The van der Waals surface area contributed by atoms with E-state index in [1.54, 1.807) is 24.6 Å². The lowest BCUT2D eigenvalue weighted by Crippen LogP contribution is -2.19. The van der Waals surface area contributed by atoms with Crippen LogP contribution in [0.5, 0.6) is 0 Å². The third-order valence-electron chi connectivity index (χ3n) is 5.41. The van der Waals surface area contributed by atoms with Crippen LogP contribution >= 0.6 is 23.8 Å². The second-order valence-electron chi connectivity index (χ2n) is 7.86. The fraction of sp³-hybridized carbons (Fsp3) is 0.174. The second kappa shape index (κ2) is 10.2. The highest BCUT2D eigenvalue weighted by Crippen LogP contribution is 2.25. The molecular weight excluding hydrogens is 523 g/mol. The first kappa shape index (κ1) is 25.6. The molecule has 2 aromatic carbocycles. The lowest BCUT2D eigenvalue weighted by atomic mass is 10.2. The van der Waals surface area contributed by atoms with Crippen molar-refractivity contribution in [2.75, 3.05) is 10.6 Å². The van der Waals surface area contributed by atoms with Gasteiger partial charge in [-0.2, -0.15) is 10.2 Å². The summed E-state index contributed by atoms with van der Waals surface area (Å²) in [5.41, 5.74) is 1.88. The largest absolute Gasteiger partial charge is 0.330 e. The first-order chi connectivity index (χ1) is 17.0. The van der Waals surface area contributed by atoms with E-state index in [1.165, 1.54) is 24.5 Å². The van der Waals surface area contributed by atoms with Gasteiger partial charge in [-0.15, -0.1) is 0 Å². The zero-order valence-corrected chi connectivity index (χ0v) is 20.4. The van der Waals surface area contributed by atoms with Gasteiger partial charge in [0.15, 0.2) is 22.6 Å². The molecular formula is C23H18ClF5N6S. The highest BCUT2D eigenvalue weighted by atomic mass is 35.5. The van der Waals surface area contributed by atoms with Gasteiger partial charge >= 0.3 is 0 Å². The highest BCUT2D eigenvalue weighted by molar-refractivity contribution is 7.80. The Balaban J connectivity index is 1.45. The van der Waals surface area contributed by atoms with Crippen LogP contribution in [0.4, 0.5) is 33.3 Å². The Morgan fingerprint density at radius 1 is 0.972 bits per heavy atom. The Labute approximate surface area is 212 Å². The van der Waals surface area contributed by atoms with Gasteiger partial charge in [-0.05, 0) is 38.2 Å². The summed E-state index contributed by atoms with van der Waals surface area (Å²) in [4.78, 5) is 0. The van der Waals surface area contributed by atoms with Crippen LogP contribution in [0.3, 0.4) is 0 Å². The molecule has 0 aliphatic heterocycles. The lowest BCUT2D eigenvalue weighted by Gasteiger charge is -2.11. The SMILES string of the molecule is Cc1nn(Cc2c(F)cccc2Cl)c(C)c1NC(=S)Nc1cnn(Cc2c(F)cc(F)c(F)c2F)c1. The summed E-state index contributed by atoms with van der Waals surface area (Å²) in [5.74, 6) is -6.66. The molecule has 2 aromatic heterocycles. The van der Waals surface area contributed by atoms with Gasteiger partial charge < -0.3 is 10.6 Å². The third kappa shape index (κ3) is 5.19. The zero-order valence-electron chi connectivity index (χ0n) is 18.8. The average Bonchev–Trinajstić information content (AvgIpc) is 3.36. The lowest BCUT2D eigenvalue weighted by molar-refractivity contribution is 0.420. The van der Waals surface area contributed by atoms with Crippen molar-refractivity contribution < 1.29 is 22.0 Å². The van der Waals surface area contributed by atoms with Crippen molar-refractivity contribution in [3.05, 3.63) is 93.3 Å². The smallest absolute Gasteiger partial charge is 0.194 e. The van der Waals surface area contributed by atoms with Gasteiger partial charge in [0, 0.05) is 28.4 Å². The van der Waals surface area contributed by atoms with Gasteiger partial charge in [-0.25, -0.2) is 22.0 Å². The maximum Gasteiger partial charge on any atom is 0.194 e. The fourth-order valence-electron chi connectivity index (χ4n) is 3.57. The minimum Gasteiger partial charge on any atom is -0.330 e. The number of rotatable bonds is 6. The van der Waals surface area contributed by atoms with E-state index in [9.17, 15) is 22.0 Å². The van der Waals surface area contributed by atoms with Crippen molar-refractivity contribution in [3.8, 4) is 0 Å². The number of aryl methyl sites for hydroxylation is 1. The molecule has 0 saturated carbocycles. The van der Waals surface area contributed by atoms with Gasteiger partial charge in [0.2, 0.25) is 0 Å². The first-order valence-corrected chi connectivity index (χ1v) is 11.2. The summed E-state index contributed by atoms with van der Waals surface area (Å²) in [6.07, 6.45) is 2.73. The van der Waals surface area contributed by atoms with Gasteiger partial charge in [0.1, 0.15) is 11.6 Å². The summed E-state index contributed by atoms with van der Waals surface area (Å²) in [6, 6.07) is 4.72. The molecule has 0 atom stereocenters.